The summed E-state index contributed by atoms with van der Waals surface area (Å²) in [6, 6.07) is 0. The number of hydrogen-bond donors (Lipinski definition) is 2. The molecule has 0 aromatic carbocycles. The lowest BCUT2D eigenvalue weighted by Gasteiger charge is -2.08. The van der Waals surface area contributed by atoms with Gasteiger partial charge in [-0.05, 0) is 37.8 Å². The number of aromatic nitrogens is 2. The van der Waals surface area contributed by atoms with Gasteiger partial charge in [-0.3, -0.25) is 5.10 Å². The fourth-order valence-electron chi connectivity index (χ4n) is 2.67. The Morgan fingerprint density at radius 1 is 1.40 bits per heavy atom. The largest absolute Gasteiger partial charge is 0.330 e. The van der Waals surface area contributed by atoms with E-state index in [1.54, 1.807) is 0 Å². The van der Waals surface area contributed by atoms with E-state index in [1.165, 1.54) is 42.6 Å². The van der Waals surface area contributed by atoms with Crippen LogP contribution in [0.15, 0.2) is 0 Å². The summed E-state index contributed by atoms with van der Waals surface area (Å²) in [6.45, 7) is 2.90. The molecule has 1 aromatic heterocycles. The Bertz CT molecular complexity index is 311. The van der Waals surface area contributed by atoms with Crippen molar-refractivity contribution in [2.75, 3.05) is 6.54 Å². The fraction of sp³-hybridized carbons (Fsp3) is 0.750. The Hall–Kier alpha value is -0.830. The zero-order valence-electron chi connectivity index (χ0n) is 9.55. The Morgan fingerprint density at radius 3 is 2.73 bits per heavy atom. The van der Waals surface area contributed by atoms with Gasteiger partial charge in [0.1, 0.15) is 0 Å². The van der Waals surface area contributed by atoms with Crippen LogP contribution in [-0.4, -0.2) is 16.7 Å². The number of nitrogens with zero attached hydrogens (tertiary/aromatic N) is 1. The van der Waals surface area contributed by atoms with Crippen LogP contribution in [0.4, 0.5) is 0 Å². The molecule has 1 aliphatic rings. The van der Waals surface area contributed by atoms with Crippen molar-refractivity contribution in [3.8, 4) is 0 Å². The minimum Gasteiger partial charge on any atom is -0.330 e. The van der Waals surface area contributed by atoms with Crippen molar-refractivity contribution in [2.24, 2.45) is 5.73 Å². The van der Waals surface area contributed by atoms with E-state index >= 15 is 0 Å². The van der Waals surface area contributed by atoms with Crippen molar-refractivity contribution in [3.05, 3.63) is 17.0 Å². The van der Waals surface area contributed by atoms with Gasteiger partial charge < -0.3 is 5.73 Å². The van der Waals surface area contributed by atoms with Crippen LogP contribution in [0.3, 0.4) is 0 Å². The fourth-order valence-corrected chi connectivity index (χ4v) is 2.67. The van der Waals surface area contributed by atoms with E-state index in [4.69, 9.17) is 5.73 Å². The molecule has 0 bridgehead atoms. The molecule has 84 valence electrons. The zero-order valence-corrected chi connectivity index (χ0v) is 9.55. The second-order valence-electron chi connectivity index (χ2n) is 4.44. The van der Waals surface area contributed by atoms with Gasteiger partial charge >= 0.3 is 0 Å². The summed E-state index contributed by atoms with van der Waals surface area (Å²) in [5.74, 6) is 0.697. The van der Waals surface area contributed by atoms with E-state index in [-0.39, 0.29) is 0 Å². The first-order valence-electron chi connectivity index (χ1n) is 6.12. The third-order valence-electron chi connectivity index (χ3n) is 3.47. The monoisotopic (exact) mass is 207 g/mol. The van der Waals surface area contributed by atoms with Crippen molar-refractivity contribution >= 4 is 0 Å². The van der Waals surface area contributed by atoms with Crippen LogP contribution >= 0.6 is 0 Å². The van der Waals surface area contributed by atoms with Gasteiger partial charge in [-0.2, -0.15) is 5.10 Å². The molecule has 0 atom stereocenters. The van der Waals surface area contributed by atoms with Crippen LogP contribution in [0.25, 0.3) is 0 Å². The van der Waals surface area contributed by atoms with E-state index in [1.807, 2.05) is 0 Å². The van der Waals surface area contributed by atoms with E-state index in [0.29, 0.717) is 5.92 Å². The molecule has 3 N–H and O–H groups in total. The molecule has 0 unspecified atom stereocenters. The topological polar surface area (TPSA) is 54.7 Å². The first kappa shape index (κ1) is 10.7. The van der Waals surface area contributed by atoms with Crippen LogP contribution in [0.1, 0.15) is 55.5 Å². The van der Waals surface area contributed by atoms with Gasteiger partial charge in [0.25, 0.3) is 0 Å². The highest BCUT2D eigenvalue weighted by Crippen LogP contribution is 2.35. The lowest BCUT2D eigenvalue weighted by Crippen LogP contribution is -2.07. The molecule has 0 amide bonds. The number of aromatic amines is 1. The number of aryl methyl sites for hydroxylation is 1. The molecular formula is C12H21N3. The third kappa shape index (κ3) is 2.07. The highest BCUT2D eigenvalue weighted by molar-refractivity contribution is 5.29. The molecule has 1 fully saturated rings. The Labute approximate surface area is 91.4 Å². The molecule has 0 saturated heterocycles. The number of hydrogen-bond acceptors (Lipinski definition) is 2. The molecule has 1 aromatic rings. The van der Waals surface area contributed by atoms with Gasteiger partial charge in [0.15, 0.2) is 0 Å². The first-order valence-corrected chi connectivity index (χ1v) is 6.12. The summed E-state index contributed by atoms with van der Waals surface area (Å²) >= 11 is 0. The summed E-state index contributed by atoms with van der Waals surface area (Å²) in [5.41, 5.74) is 9.69. The van der Waals surface area contributed by atoms with E-state index in [2.05, 4.69) is 17.1 Å². The average Bonchev–Trinajstić information content (AvgIpc) is 2.85. The standard InChI is InChI=1S/C12H21N3/c1-2-11-10(7-8-13)12(15-14-11)9-5-3-4-6-9/h9H,2-8,13H2,1H3,(H,14,15). The summed E-state index contributed by atoms with van der Waals surface area (Å²) in [7, 11) is 0. The molecule has 3 heteroatoms. The summed E-state index contributed by atoms with van der Waals surface area (Å²) in [5, 5.41) is 7.69. The van der Waals surface area contributed by atoms with E-state index in [0.717, 1.165) is 19.4 Å². The van der Waals surface area contributed by atoms with Gasteiger partial charge in [0, 0.05) is 11.6 Å². The Morgan fingerprint density at radius 2 is 2.13 bits per heavy atom. The van der Waals surface area contributed by atoms with Gasteiger partial charge in [0.2, 0.25) is 0 Å². The first-order chi connectivity index (χ1) is 7.36. The molecule has 0 radical (unpaired) electrons. The van der Waals surface area contributed by atoms with Crippen molar-refractivity contribution < 1.29 is 0 Å². The normalized spacial score (nSPS) is 17.5. The Kier molecular flexibility index (Phi) is 3.41. The minimum absolute atomic E-state index is 0.697. The van der Waals surface area contributed by atoms with Gasteiger partial charge in [0.05, 0.1) is 5.69 Å². The molecule has 1 aliphatic carbocycles. The molecule has 15 heavy (non-hydrogen) atoms. The van der Waals surface area contributed by atoms with E-state index in [9.17, 15) is 0 Å². The summed E-state index contributed by atoms with van der Waals surface area (Å²) < 4.78 is 0. The summed E-state index contributed by atoms with van der Waals surface area (Å²) in [6.07, 6.45) is 7.36. The van der Waals surface area contributed by atoms with Crippen LogP contribution < -0.4 is 5.73 Å². The van der Waals surface area contributed by atoms with Crippen molar-refractivity contribution in [1.82, 2.24) is 10.2 Å². The lowest BCUT2D eigenvalue weighted by atomic mass is 9.96. The zero-order chi connectivity index (χ0) is 10.7. The molecule has 3 nitrogen and oxygen atoms in total. The van der Waals surface area contributed by atoms with E-state index < -0.39 is 0 Å². The second kappa shape index (κ2) is 4.79. The third-order valence-corrected chi connectivity index (χ3v) is 3.47. The van der Waals surface area contributed by atoms with Crippen molar-refractivity contribution in [2.45, 2.75) is 51.4 Å². The summed E-state index contributed by atoms with van der Waals surface area (Å²) in [4.78, 5) is 0. The number of nitrogens with two attached hydrogens (primary N) is 1. The number of nitrogens with one attached hydrogen (secondary N) is 1. The highest BCUT2D eigenvalue weighted by atomic mass is 15.1. The predicted octanol–water partition coefficient (Wildman–Crippen LogP) is 2.13. The quantitative estimate of drug-likeness (QED) is 0.794. The molecule has 1 heterocycles. The van der Waals surface area contributed by atoms with Crippen LogP contribution in [0.2, 0.25) is 0 Å². The average molecular weight is 207 g/mol. The highest BCUT2D eigenvalue weighted by Gasteiger charge is 2.23. The van der Waals surface area contributed by atoms with Crippen LogP contribution in [0, 0.1) is 0 Å². The molecule has 2 rings (SSSR count). The number of H-pyrrole nitrogens is 1. The van der Waals surface area contributed by atoms with Gasteiger partial charge in [-0.25, -0.2) is 0 Å². The molecule has 0 aliphatic heterocycles. The molecule has 0 spiro atoms. The smallest absolute Gasteiger partial charge is 0.0688 e. The Balaban J connectivity index is 2.24. The molecular weight excluding hydrogens is 186 g/mol. The molecule has 1 saturated carbocycles. The maximum absolute atomic E-state index is 5.67. The maximum atomic E-state index is 5.67. The van der Waals surface area contributed by atoms with Gasteiger partial charge in [-0.1, -0.05) is 19.8 Å². The lowest BCUT2D eigenvalue weighted by molar-refractivity contribution is 0.683. The van der Waals surface area contributed by atoms with Crippen molar-refractivity contribution in [3.63, 3.8) is 0 Å². The number of rotatable bonds is 4. The SMILES string of the molecule is CCc1[nH]nc(C2CCCC2)c1CCN. The maximum Gasteiger partial charge on any atom is 0.0688 e. The minimum atomic E-state index is 0.697. The van der Waals surface area contributed by atoms with Crippen molar-refractivity contribution in [1.29, 1.82) is 0 Å². The second-order valence-corrected chi connectivity index (χ2v) is 4.44. The van der Waals surface area contributed by atoms with Gasteiger partial charge in [-0.15, -0.1) is 0 Å². The van der Waals surface area contributed by atoms with Crippen LogP contribution in [-0.2, 0) is 12.8 Å². The van der Waals surface area contributed by atoms with Crippen LogP contribution in [0.5, 0.6) is 0 Å². The predicted molar refractivity (Wildman–Crippen MR) is 61.9 cm³/mol.